The summed E-state index contributed by atoms with van der Waals surface area (Å²) in [6.07, 6.45) is 2.59. The summed E-state index contributed by atoms with van der Waals surface area (Å²) in [6.45, 7) is 2.20. The molecule has 1 aliphatic rings. The average Bonchev–Trinajstić information content (AvgIpc) is 2.71. The minimum Gasteiger partial charge on any atom is -0.310 e. The van der Waals surface area contributed by atoms with Crippen LogP contribution >= 0.6 is 0 Å². The molecule has 82 valence electrons. The number of rotatable bonds is 3. The van der Waals surface area contributed by atoms with Gasteiger partial charge in [0.15, 0.2) is 0 Å². The molecule has 1 aromatic carbocycles. The van der Waals surface area contributed by atoms with Crippen molar-refractivity contribution in [2.75, 3.05) is 20.6 Å². The minimum atomic E-state index is 0.596. The zero-order valence-electron chi connectivity index (χ0n) is 9.66. The van der Waals surface area contributed by atoms with Crippen LogP contribution in [-0.2, 0) is 6.54 Å². The Labute approximate surface area is 92.3 Å². The van der Waals surface area contributed by atoms with Gasteiger partial charge in [-0.2, -0.15) is 0 Å². The molecule has 1 N–H and O–H groups in total. The Hall–Kier alpha value is -0.860. The fraction of sp³-hybridized carbons (Fsp3) is 0.538. The molecule has 0 aromatic heterocycles. The van der Waals surface area contributed by atoms with Crippen molar-refractivity contribution < 1.29 is 0 Å². The normalized spacial score (nSPS) is 21.1. The zero-order chi connectivity index (χ0) is 10.7. The third-order valence-corrected chi connectivity index (χ3v) is 2.94. The van der Waals surface area contributed by atoms with Crippen LogP contribution in [0.4, 0.5) is 0 Å². The third-order valence-electron chi connectivity index (χ3n) is 2.94. The largest absolute Gasteiger partial charge is 0.310 e. The van der Waals surface area contributed by atoms with Gasteiger partial charge in [0.2, 0.25) is 0 Å². The standard InChI is InChI=1S/C13H20N2/c1-15(2)10-11-5-7-12(8-6-11)13-4-3-9-14-13/h5-8,13-14H,3-4,9-10H2,1-2H3. The Morgan fingerprint density at radius 2 is 2.00 bits per heavy atom. The Bertz CT molecular complexity index is 297. The number of benzene rings is 1. The Morgan fingerprint density at radius 3 is 2.53 bits per heavy atom. The first-order valence-electron chi connectivity index (χ1n) is 5.72. The lowest BCUT2D eigenvalue weighted by molar-refractivity contribution is 0.402. The summed E-state index contributed by atoms with van der Waals surface area (Å²) in [5.41, 5.74) is 2.83. The lowest BCUT2D eigenvalue weighted by Gasteiger charge is -2.13. The van der Waals surface area contributed by atoms with Crippen LogP contribution in [0.1, 0.15) is 30.0 Å². The van der Waals surface area contributed by atoms with Gasteiger partial charge in [-0.1, -0.05) is 24.3 Å². The van der Waals surface area contributed by atoms with Crippen LogP contribution in [0.25, 0.3) is 0 Å². The molecule has 0 amide bonds. The SMILES string of the molecule is CN(C)Cc1ccc(C2CCCN2)cc1. The zero-order valence-corrected chi connectivity index (χ0v) is 9.66. The molecule has 1 aliphatic heterocycles. The number of nitrogens with one attached hydrogen (secondary N) is 1. The van der Waals surface area contributed by atoms with Crippen molar-refractivity contribution in [3.05, 3.63) is 35.4 Å². The molecule has 0 radical (unpaired) electrons. The van der Waals surface area contributed by atoms with Crippen LogP contribution in [0.15, 0.2) is 24.3 Å². The molecule has 0 aliphatic carbocycles. The van der Waals surface area contributed by atoms with Crippen molar-refractivity contribution in [2.45, 2.75) is 25.4 Å². The summed E-state index contributed by atoms with van der Waals surface area (Å²) in [5.74, 6) is 0. The monoisotopic (exact) mass is 204 g/mol. The lowest BCUT2D eigenvalue weighted by Crippen LogP contribution is -2.13. The summed E-state index contributed by atoms with van der Waals surface area (Å²) in [5, 5.41) is 3.52. The van der Waals surface area contributed by atoms with Gasteiger partial charge >= 0.3 is 0 Å². The van der Waals surface area contributed by atoms with Crippen molar-refractivity contribution in [2.24, 2.45) is 0 Å². The molecular formula is C13H20N2. The van der Waals surface area contributed by atoms with Crippen LogP contribution in [0.3, 0.4) is 0 Å². The number of hydrogen-bond acceptors (Lipinski definition) is 2. The van der Waals surface area contributed by atoms with E-state index in [4.69, 9.17) is 0 Å². The Balaban J connectivity index is 2.03. The van der Waals surface area contributed by atoms with Crippen molar-refractivity contribution in [3.63, 3.8) is 0 Å². The first-order chi connectivity index (χ1) is 7.25. The summed E-state index contributed by atoms with van der Waals surface area (Å²) >= 11 is 0. The highest BCUT2D eigenvalue weighted by Gasteiger charge is 2.15. The van der Waals surface area contributed by atoms with Gasteiger partial charge in [-0.15, -0.1) is 0 Å². The van der Waals surface area contributed by atoms with Crippen molar-refractivity contribution in [1.82, 2.24) is 10.2 Å². The van der Waals surface area contributed by atoms with Gasteiger partial charge in [0.1, 0.15) is 0 Å². The molecule has 1 unspecified atom stereocenters. The van der Waals surface area contributed by atoms with Gasteiger partial charge in [-0.05, 0) is 44.6 Å². The molecule has 1 aromatic rings. The highest BCUT2D eigenvalue weighted by Crippen LogP contribution is 2.23. The number of nitrogens with zero attached hydrogens (tertiary/aromatic N) is 1. The van der Waals surface area contributed by atoms with Gasteiger partial charge < -0.3 is 10.2 Å². The second kappa shape index (κ2) is 4.77. The quantitative estimate of drug-likeness (QED) is 0.811. The molecule has 1 saturated heterocycles. The molecule has 0 saturated carbocycles. The van der Waals surface area contributed by atoms with Gasteiger partial charge in [-0.25, -0.2) is 0 Å². The van der Waals surface area contributed by atoms with Crippen LogP contribution in [0.5, 0.6) is 0 Å². The maximum Gasteiger partial charge on any atom is 0.0320 e. The van der Waals surface area contributed by atoms with E-state index in [1.165, 1.54) is 30.5 Å². The van der Waals surface area contributed by atoms with Crippen LogP contribution in [0, 0.1) is 0 Å². The van der Waals surface area contributed by atoms with E-state index in [0.29, 0.717) is 6.04 Å². The second-order valence-electron chi connectivity index (χ2n) is 4.63. The number of hydrogen-bond donors (Lipinski definition) is 1. The fourth-order valence-corrected chi connectivity index (χ4v) is 2.19. The van der Waals surface area contributed by atoms with E-state index in [1.807, 2.05) is 0 Å². The molecule has 1 atom stereocenters. The summed E-state index contributed by atoms with van der Waals surface area (Å²) in [6, 6.07) is 9.62. The van der Waals surface area contributed by atoms with Gasteiger partial charge in [0.25, 0.3) is 0 Å². The van der Waals surface area contributed by atoms with E-state index in [2.05, 4.69) is 48.6 Å². The maximum absolute atomic E-state index is 3.52. The maximum atomic E-state index is 3.52. The summed E-state index contributed by atoms with van der Waals surface area (Å²) in [4.78, 5) is 2.20. The molecule has 0 bridgehead atoms. The van der Waals surface area contributed by atoms with Crippen molar-refractivity contribution in [3.8, 4) is 0 Å². The average molecular weight is 204 g/mol. The molecular weight excluding hydrogens is 184 g/mol. The predicted molar refractivity (Wildman–Crippen MR) is 63.8 cm³/mol. The van der Waals surface area contributed by atoms with Gasteiger partial charge in [-0.3, -0.25) is 0 Å². The van der Waals surface area contributed by atoms with E-state index < -0.39 is 0 Å². The topological polar surface area (TPSA) is 15.3 Å². The van der Waals surface area contributed by atoms with Gasteiger partial charge in [0, 0.05) is 12.6 Å². The van der Waals surface area contributed by atoms with Crippen LogP contribution in [-0.4, -0.2) is 25.5 Å². The molecule has 2 nitrogen and oxygen atoms in total. The van der Waals surface area contributed by atoms with E-state index in [1.54, 1.807) is 0 Å². The highest BCUT2D eigenvalue weighted by atomic mass is 15.0. The van der Waals surface area contributed by atoms with E-state index in [-0.39, 0.29) is 0 Å². The van der Waals surface area contributed by atoms with E-state index in [9.17, 15) is 0 Å². The Morgan fingerprint density at radius 1 is 1.27 bits per heavy atom. The first kappa shape index (κ1) is 10.7. The first-order valence-corrected chi connectivity index (χ1v) is 5.72. The molecule has 2 heteroatoms. The molecule has 1 heterocycles. The molecule has 2 rings (SSSR count). The van der Waals surface area contributed by atoms with Crippen LogP contribution < -0.4 is 5.32 Å². The smallest absolute Gasteiger partial charge is 0.0320 e. The van der Waals surface area contributed by atoms with Crippen molar-refractivity contribution >= 4 is 0 Å². The fourth-order valence-electron chi connectivity index (χ4n) is 2.19. The summed E-state index contributed by atoms with van der Waals surface area (Å²) < 4.78 is 0. The molecule has 15 heavy (non-hydrogen) atoms. The van der Waals surface area contributed by atoms with E-state index >= 15 is 0 Å². The van der Waals surface area contributed by atoms with E-state index in [0.717, 1.165) is 6.54 Å². The summed E-state index contributed by atoms with van der Waals surface area (Å²) in [7, 11) is 4.21. The second-order valence-corrected chi connectivity index (χ2v) is 4.63. The lowest BCUT2D eigenvalue weighted by atomic mass is 10.0. The molecule has 0 spiro atoms. The third kappa shape index (κ3) is 2.80. The van der Waals surface area contributed by atoms with Crippen LogP contribution in [0.2, 0.25) is 0 Å². The minimum absolute atomic E-state index is 0.596. The highest BCUT2D eigenvalue weighted by molar-refractivity contribution is 5.25. The Kier molecular flexibility index (Phi) is 3.39. The predicted octanol–water partition coefficient (Wildman–Crippen LogP) is 2.17. The van der Waals surface area contributed by atoms with Crippen molar-refractivity contribution in [1.29, 1.82) is 0 Å². The molecule has 1 fully saturated rings. The van der Waals surface area contributed by atoms with Gasteiger partial charge in [0.05, 0.1) is 0 Å².